The molecule has 0 saturated heterocycles. The zero-order valence-corrected chi connectivity index (χ0v) is 25.0. The first-order valence-corrected chi connectivity index (χ1v) is 14.3. The van der Waals surface area contributed by atoms with Crippen LogP contribution in [0.2, 0.25) is 0 Å². The first-order chi connectivity index (χ1) is 20.9. The second kappa shape index (κ2) is 13.6. The molecule has 1 aliphatic carbocycles. The molecule has 0 radical (unpaired) electrons. The number of esters is 1. The highest BCUT2D eigenvalue weighted by molar-refractivity contribution is 6.04. The quantitative estimate of drug-likeness (QED) is 0.223. The molecule has 0 aromatic heterocycles. The number of rotatable bonds is 11. The molecule has 1 aliphatic heterocycles. The Balaban J connectivity index is 1.55. The Morgan fingerprint density at radius 3 is 2.35 bits per heavy atom. The fourth-order valence-electron chi connectivity index (χ4n) is 5.84. The number of ketones is 1. The Kier molecular flexibility index (Phi) is 9.47. The Bertz CT molecular complexity index is 1540. The molecular weight excluding hydrogens is 546 g/mol. The minimum Gasteiger partial charge on any atom is -0.493 e. The number of allylic oxidation sites excluding steroid dienone is 3. The summed E-state index contributed by atoms with van der Waals surface area (Å²) in [4.78, 5) is 27.7. The summed E-state index contributed by atoms with van der Waals surface area (Å²) in [6.45, 7) is 2.57. The maximum Gasteiger partial charge on any atom is 0.336 e. The highest BCUT2D eigenvalue weighted by atomic mass is 16.6. The zero-order valence-electron chi connectivity index (χ0n) is 25.0. The third kappa shape index (κ3) is 6.44. The van der Waals surface area contributed by atoms with E-state index in [1.54, 1.807) is 21.3 Å². The molecule has 1 heterocycles. The molecule has 0 unspecified atom stereocenters. The standard InChI is InChI=1S/C35H37NO7/c1-22-32(35(38)42-17-16-39-2)33(26-12-8-9-13-29(26)43-21-23-10-6-5-7-11-23)34-27(36-22)18-25(19-28(34)37)24-14-15-30(40-3)31(20-24)41-4/h5-15,20,25,33,36H,16-19,21H2,1-4H3/t25-,33+/m1/s1. The van der Waals surface area contributed by atoms with Crippen LogP contribution >= 0.6 is 0 Å². The number of Topliss-reactive ketones (excluding diaryl/α,β-unsaturated/α-hetero) is 1. The fraction of sp³-hybridized carbons (Fsp3) is 0.314. The van der Waals surface area contributed by atoms with Crippen molar-refractivity contribution in [2.45, 2.75) is 38.2 Å². The number of methoxy groups -OCH3 is 3. The first kappa shape index (κ1) is 29.9. The van der Waals surface area contributed by atoms with Gasteiger partial charge in [0, 0.05) is 36.1 Å². The van der Waals surface area contributed by atoms with Crippen LogP contribution in [0.3, 0.4) is 0 Å². The van der Waals surface area contributed by atoms with Crippen molar-refractivity contribution in [2.75, 3.05) is 34.5 Å². The maximum atomic E-state index is 14.1. The van der Waals surface area contributed by atoms with Crippen molar-refractivity contribution in [2.24, 2.45) is 0 Å². The van der Waals surface area contributed by atoms with Gasteiger partial charge in [-0.15, -0.1) is 0 Å². The molecule has 0 amide bonds. The van der Waals surface area contributed by atoms with Crippen molar-refractivity contribution in [1.29, 1.82) is 0 Å². The van der Waals surface area contributed by atoms with E-state index in [4.69, 9.17) is 23.7 Å². The number of ether oxygens (including phenoxy) is 5. The highest BCUT2D eigenvalue weighted by Crippen LogP contribution is 2.48. The van der Waals surface area contributed by atoms with Gasteiger partial charge in [-0.25, -0.2) is 4.79 Å². The first-order valence-electron chi connectivity index (χ1n) is 14.3. The maximum absolute atomic E-state index is 14.1. The van der Waals surface area contributed by atoms with E-state index >= 15 is 0 Å². The molecule has 8 nitrogen and oxygen atoms in total. The monoisotopic (exact) mass is 583 g/mol. The van der Waals surface area contributed by atoms with Gasteiger partial charge >= 0.3 is 5.97 Å². The minimum absolute atomic E-state index is 0.0360. The van der Waals surface area contributed by atoms with Crippen LogP contribution in [0.5, 0.6) is 17.2 Å². The van der Waals surface area contributed by atoms with E-state index < -0.39 is 11.9 Å². The molecule has 0 saturated carbocycles. The topological polar surface area (TPSA) is 92.3 Å². The molecule has 43 heavy (non-hydrogen) atoms. The van der Waals surface area contributed by atoms with Gasteiger partial charge in [0.25, 0.3) is 0 Å². The molecule has 3 aromatic rings. The van der Waals surface area contributed by atoms with Gasteiger partial charge in [0.1, 0.15) is 19.0 Å². The average Bonchev–Trinajstić information content (AvgIpc) is 3.03. The van der Waals surface area contributed by atoms with Crippen molar-refractivity contribution >= 4 is 11.8 Å². The smallest absolute Gasteiger partial charge is 0.336 e. The van der Waals surface area contributed by atoms with Gasteiger partial charge in [-0.3, -0.25) is 4.79 Å². The van der Waals surface area contributed by atoms with Crippen molar-refractivity contribution in [3.8, 4) is 17.2 Å². The summed E-state index contributed by atoms with van der Waals surface area (Å²) in [6, 6.07) is 23.2. The number of para-hydroxylation sites is 1. The van der Waals surface area contributed by atoms with Gasteiger partial charge in [0.2, 0.25) is 0 Å². The summed E-state index contributed by atoms with van der Waals surface area (Å²) in [6.07, 6.45) is 0.869. The highest BCUT2D eigenvalue weighted by Gasteiger charge is 2.42. The second-order valence-electron chi connectivity index (χ2n) is 10.6. The molecule has 1 N–H and O–H groups in total. The van der Waals surface area contributed by atoms with Gasteiger partial charge in [-0.05, 0) is 48.6 Å². The molecule has 3 aromatic carbocycles. The second-order valence-corrected chi connectivity index (χ2v) is 10.6. The molecule has 2 aliphatic rings. The van der Waals surface area contributed by atoms with E-state index in [0.29, 0.717) is 47.1 Å². The third-order valence-corrected chi connectivity index (χ3v) is 7.91. The van der Waals surface area contributed by atoms with Crippen LogP contribution in [-0.4, -0.2) is 46.3 Å². The molecule has 2 atom stereocenters. The van der Waals surface area contributed by atoms with Gasteiger partial charge in [0.05, 0.1) is 32.3 Å². The van der Waals surface area contributed by atoms with Gasteiger partial charge in [-0.2, -0.15) is 0 Å². The van der Waals surface area contributed by atoms with Crippen LogP contribution in [-0.2, 0) is 25.7 Å². The Morgan fingerprint density at radius 1 is 0.860 bits per heavy atom. The SMILES string of the molecule is COCCOC(=O)C1=C(C)NC2=C(C(=O)C[C@H](c3ccc(OC)c(OC)c3)C2)[C@H]1c1ccccc1OCc1ccccc1. The predicted octanol–water partition coefficient (Wildman–Crippen LogP) is 5.83. The lowest BCUT2D eigenvalue weighted by Crippen LogP contribution is -2.36. The molecule has 0 spiro atoms. The van der Waals surface area contributed by atoms with E-state index in [9.17, 15) is 9.59 Å². The minimum atomic E-state index is -0.655. The van der Waals surface area contributed by atoms with Crippen molar-refractivity contribution < 1.29 is 33.3 Å². The summed E-state index contributed by atoms with van der Waals surface area (Å²) in [5.41, 5.74) is 5.13. The van der Waals surface area contributed by atoms with Gasteiger partial charge in [0.15, 0.2) is 17.3 Å². The lowest BCUT2D eigenvalue weighted by atomic mass is 9.71. The average molecular weight is 584 g/mol. The summed E-state index contributed by atoms with van der Waals surface area (Å²) < 4.78 is 27.9. The van der Waals surface area contributed by atoms with E-state index in [1.165, 1.54) is 0 Å². The number of carbonyl (C=O) groups is 2. The fourth-order valence-corrected chi connectivity index (χ4v) is 5.84. The third-order valence-electron chi connectivity index (χ3n) is 7.91. The van der Waals surface area contributed by atoms with Crippen LogP contribution in [0.4, 0.5) is 0 Å². The van der Waals surface area contributed by atoms with Crippen LogP contribution in [0.1, 0.15) is 48.3 Å². The van der Waals surface area contributed by atoms with Gasteiger partial charge < -0.3 is 29.0 Å². The van der Waals surface area contributed by atoms with Crippen LogP contribution in [0.25, 0.3) is 0 Å². The Labute approximate surface area is 252 Å². The summed E-state index contributed by atoms with van der Waals surface area (Å²) in [5, 5.41) is 3.41. The summed E-state index contributed by atoms with van der Waals surface area (Å²) in [5.74, 6) is 0.589. The largest absolute Gasteiger partial charge is 0.493 e. The Hall–Kier alpha value is -4.56. The zero-order chi connectivity index (χ0) is 30.3. The van der Waals surface area contributed by atoms with Crippen molar-refractivity contribution in [1.82, 2.24) is 5.32 Å². The number of hydrogen-bond donors (Lipinski definition) is 1. The lowest BCUT2D eigenvalue weighted by Gasteiger charge is -2.37. The summed E-state index contributed by atoms with van der Waals surface area (Å²) in [7, 11) is 4.75. The molecular formula is C35H37NO7. The molecule has 224 valence electrons. The van der Waals surface area contributed by atoms with Gasteiger partial charge in [-0.1, -0.05) is 54.6 Å². The molecule has 0 fully saturated rings. The molecule has 0 bridgehead atoms. The molecule has 8 heteroatoms. The van der Waals surface area contributed by atoms with Crippen LogP contribution < -0.4 is 19.5 Å². The van der Waals surface area contributed by atoms with Crippen molar-refractivity contribution in [3.63, 3.8) is 0 Å². The number of nitrogens with one attached hydrogen (secondary N) is 1. The number of dihydropyridines is 1. The predicted molar refractivity (Wildman–Crippen MR) is 162 cm³/mol. The number of hydrogen-bond acceptors (Lipinski definition) is 8. The lowest BCUT2D eigenvalue weighted by molar-refractivity contribution is -0.140. The summed E-state index contributed by atoms with van der Waals surface area (Å²) >= 11 is 0. The van der Waals surface area contributed by atoms with E-state index in [-0.39, 0.29) is 31.3 Å². The number of carbonyl (C=O) groups excluding carboxylic acids is 2. The van der Waals surface area contributed by atoms with Crippen LogP contribution in [0.15, 0.2) is 95.3 Å². The normalized spacial score (nSPS) is 18.1. The Morgan fingerprint density at radius 2 is 1.60 bits per heavy atom. The van der Waals surface area contributed by atoms with E-state index in [0.717, 1.165) is 22.4 Å². The van der Waals surface area contributed by atoms with E-state index in [2.05, 4.69) is 5.32 Å². The molecule has 5 rings (SSSR count). The van der Waals surface area contributed by atoms with Crippen LogP contribution in [0, 0.1) is 0 Å². The van der Waals surface area contributed by atoms with E-state index in [1.807, 2.05) is 79.7 Å². The number of benzene rings is 3. The van der Waals surface area contributed by atoms with Crippen molar-refractivity contribution in [3.05, 3.63) is 112 Å².